The smallest absolute Gasteiger partial charge is 0.260 e. The number of carbonyl (C=O) groups excluding carboxylic acids is 1. The van der Waals surface area contributed by atoms with Crippen LogP contribution in [0.2, 0.25) is 0 Å². The molecule has 0 aliphatic heterocycles. The second-order valence-corrected chi connectivity index (χ2v) is 6.35. The summed E-state index contributed by atoms with van der Waals surface area (Å²) in [4.78, 5) is 18.4. The Bertz CT molecular complexity index is 913. The van der Waals surface area contributed by atoms with Crippen LogP contribution in [0, 0.1) is 10.8 Å². The minimum absolute atomic E-state index is 0.0310. The summed E-state index contributed by atoms with van der Waals surface area (Å²) in [6.07, 6.45) is 4.21. The lowest BCUT2D eigenvalue weighted by atomic mass is 10.2. The molecule has 1 aromatic carbocycles. The van der Waals surface area contributed by atoms with Crippen LogP contribution in [0.25, 0.3) is 0 Å². The van der Waals surface area contributed by atoms with E-state index in [1.807, 2.05) is 0 Å². The molecule has 144 valence electrons. The zero-order chi connectivity index (χ0) is 20.5. The molecule has 1 aromatic heterocycles. The predicted molar refractivity (Wildman–Crippen MR) is 115 cm³/mol. The lowest BCUT2D eigenvalue weighted by Gasteiger charge is -2.17. The number of benzene rings is 1. The number of amides is 1. The number of halogens is 1. The van der Waals surface area contributed by atoms with Crippen LogP contribution in [0.5, 0.6) is 5.75 Å². The van der Waals surface area contributed by atoms with Gasteiger partial charge in [-0.2, -0.15) is 0 Å². The van der Waals surface area contributed by atoms with Crippen molar-refractivity contribution in [3.05, 3.63) is 77.4 Å². The Kier molecular flexibility index (Phi) is 7.65. The zero-order valence-electron chi connectivity index (χ0n) is 15.1. The van der Waals surface area contributed by atoms with Gasteiger partial charge in [-0.3, -0.25) is 15.6 Å². The monoisotopic (exact) mass is 441 g/mol. The molecule has 0 bridgehead atoms. The van der Waals surface area contributed by atoms with E-state index in [1.165, 1.54) is 4.90 Å². The molecule has 1 heterocycles. The fourth-order valence-electron chi connectivity index (χ4n) is 2.29. The van der Waals surface area contributed by atoms with E-state index in [0.717, 1.165) is 6.34 Å². The second kappa shape index (κ2) is 10.2. The van der Waals surface area contributed by atoms with E-state index < -0.39 is 5.91 Å². The van der Waals surface area contributed by atoms with E-state index in [0.29, 0.717) is 28.0 Å². The van der Waals surface area contributed by atoms with Crippen LogP contribution >= 0.6 is 15.9 Å². The minimum Gasteiger partial charge on any atom is -0.488 e. The van der Waals surface area contributed by atoms with Gasteiger partial charge in [-0.1, -0.05) is 30.9 Å². The number of rotatable bonds is 9. The van der Waals surface area contributed by atoms with Gasteiger partial charge < -0.3 is 15.0 Å². The van der Waals surface area contributed by atoms with Crippen LogP contribution < -0.4 is 10.1 Å². The maximum atomic E-state index is 12.7. The standard InChI is InChI=1S/C20H20BrN5O2/c1-3-11-26(13-22)19(23)16-9-6-10-17(24-16)25-20(27)14-7-5-8-15(21)18(14)28-12-4-2/h3-10,13,22-23H,1-2,11-12H2,(H,24,25,27). The van der Waals surface area contributed by atoms with E-state index in [2.05, 4.69) is 39.4 Å². The van der Waals surface area contributed by atoms with Crippen molar-refractivity contribution in [1.29, 1.82) is 10.8 Å². The van der Waals surface area contributed by atoms with Crippen LogP contribution in [0.1, 0.15) is 16.1 Å². The summed E-state index contributed by atoms with van der Waals surface area (Å²) in [5, 5.41) is 18.3. The number of nitrogens with one attached hydrogen (secondary N) is 3. The molecule has 0 saturated carbocycles. The number of nitrogens with zero attached hydrogens (tertiary/aromatic N) is 2. The van der Waals surface area contributed by atoms with Crippen LogP contribution in [0.4, 0.5) is 5.82 Å². The minimum atomic E-state index is -0.397. The Morgan fingerprint density at radius 3 is 2.68 bits per heavy atom. The molecule has 0 saturated heterocycles. The average molecular weight is 442 g/mol. The Hall–Kier alpha value is -3.26. The molecule has 0 radical (unpaired) electrons. The van der Waals surface area contributed by atoms with Crippen LogP contribution in [-0.2, 0) is 0 Å². The first kappa shape index (κ1) is 21.0. The van der Waals surface area contributed by atoms with Gasteiger partial charge in [0.25, 0.3) is 5.91 Å². The third-order valence-corrected chi connectivity index (χ3v) is 4.18. The first-order chi connectivity index (χ1) is 13.5. The second-order valence-electron chi connectivity index (χ2n) is 5.50. The number of ether oxygens (including phenoxy) is 1. The third kappa shape index (κ3) is 5.14. The lowest BCUT2D eigenvalue weighted by Crippen LogP contribution is -2.30. The summed E-state index contributed by atoms with van der Waals surface area (Å²) in [5.41, 5.74) is 0.659. The summed E-state index contributed by atoms with van der Waals surface area (Å²) >= 11 is 3.38. The molecular formula is C20H20BrN5O2. The fourth-order valence-corrected chi connectivity index (χ4v) is 2.77. The Balaban J connectivity index is 2.25. The summed E-state index contributed by atoms with van der Waals surface area (Å²) < 4.78 is 6.24. The van der Waals surface area contributed by atoms with Gasteiger partial charge >= 0.3 is 0 Å². The normalized spacial score (nSPS) is 9.89. The van der Waals surface area contributed by atoms with E-state index in [1.54, 1.807) is 48.6 Å². The molecule has 0 spiro atoms. The van der Waals surface area contributed by atoms with E-state index in [-0.39, 0.29) is 18.3 Å². The highest BCUT2D eigenvalue weighted by Crippen LogP contribution is 2.29. The lowest BCUT2D eigenvalue weighted by molar-refractivity contribution is 0.102. The zero-order valence-corrected chi connectivity index (χ0v) is 16.7. The van der Waals surface area contributed by atoms with Gasteiger partial charge in [0.15, 0.2) is 5.84 Å². The maximum Gasteiger partial charge on any atom is 0.260 e. The first-order valence-corrected chi connectivity index (χ1v) is 9.08. The number of carbonyl (C=O) groups is 1. The van der Waals surface area contributed by atoms with Gasteiger partial charge in [-0.25, -0.2) is 4.98 Å². The molecule has 28 heavy (non-hydrogen) atoms. The van der Waals surface area contributed by atoms with Crippen molar-refractivity contribution in [2.45, 2.75) is 0 Å². The summed E-state index contributed by atoms with van der Waals surface area (Å²) in [6, 6.07) is 10.1. The van der Waals surface area contributed by atoms with Crippen molar-refractivity contribution in [3.63, 3.8) is 0 Å². The van der Waals surface area contributed by atoms with Crippen molar-refractivity contribution < 1.29 is 9.53 Å². The molecule has 2 rings (SSSR count). The van der Waals surface area contributed by atoms with Gasteiger partial charge in [0, 0.05) is 6.54 Å². The van der Waals surface area contributed by atoms with Crippen molar-refractivity contribution >= 4 is 39.8 Å². The molecule has 7 nitrogen and oxygen atoms in total. The molecule has 3 N–H and O–H groups in total. The van der Waals surface area contributed by atoms with Crippen molar-refractivity contribution in [1.82, 2.24) is 9.88 Å². The van der Waals surface area contributed by atoms with Crippen molar-refractivity contribution in [2.24, 2.45) is 0 Å². The van der Waals surface area contributed by atoms with Gasteiger partial charge in [-0.15, -0.1) is 6.58 Å². The summed E-state index contributed by atoms with van der Waals surface area (Å²) in [6.45, 7) is 7.79. The topological polar surface area (TPSA) is 102 Å². The Morgan fingerprint density at radius 2 is 2.00 bits per heavy atom. The van der Waals surface area contributed by atoms with Crippen LogP contribution in [0.15, 0.2) is 66.2 Å². The van der Waals surface area contributed by atoms with E-state index >= 15 is 0 Å². The SMILES string of the molecule is C=CCOc1c(Br)cccc1C(=O)Nc1cccc(C(=N)N(C=N)CC=C)n1. The van der Waals surface area contributed by atoms with E-state index in [4.69, 9.17) is 15.6 Å². The molecule has 0 atom stereocenters. The molecule has 0 aliphatic rings. The summed E-state index contributed by atoms with van der Waals surface area (Å²) in [5.74, 6) is 0.324. The highest BCUT2D eigenvalue weighted by molar-refractivity contribution is 9.10. The summed E-state index contributed by atoms with van der Waals surface area (Å²) in [7, 11) is 0. The molecule has 1 amide bonds. The Morgan fingerprint density at radius 1 is 1.25 bits per heavy atom. The highest BCUT2D eigenvalue weighted by Gasteiger charge is 2.17. The first-order valence-electron chi connectivity index (χ1n) is 8.29. The van der Waals surface area contributed by atoms with Gasteiger partial charge in [0.1, 0.15) is 23.9 Å². The number of anilines is 1. The predicted octanol–water partition coefficient (Wildman–Crippen LogP) is 4.08. The molecule has 0 aliphatic carbocycles. The molecule has 0 fully saturated rings. The van der Waals surface area contributed by atoms with Crippen molar-refractivity contribution in [3.8, 4) is 5.75 Å². The van der Waals surface area contributed by atoms with Crippen LogP contribution in [0.3, 0.4) is 0 Å². The van der Waals surface area contributed by atoms with Crippen LogP contribution in [-0.4, -0.2) is 41.1 Å². The number of amidine groups is 1. The van der Waals surface area contributed by atoms with Gasteiger partial charge in [0.05, 0.1) is 16.4 Å². The quantitative estimate of drug-likeness (QED) is 0.309. The number of hydrogen-bond donors (Lipinski definition) is 3. The third-order valence-electron chi connectivity index (χ3n) is 3.56. The number of aromatic nitrogens is 1. The maximum absolute atomic E-state index is 12.7. The number of para-hydroxylation sites is 1. The van der Waals surface area contributed by atoms with Gasteiger partial charge in [0.2, 0.25) is 0 Å². The number of hydrogen-bond acceptors (Lipinski definition) is 5. The fraction of sp³-hybridized carbons (Fsp3) is 0.100. The van der Waals surface area contributed by atoms with E-state index in [9.17, 15) is 4.79 Å². The number of pyridine rings is 1. The average Bonchev–Trinajstić information content (AvgIpc) is 2.70. The molecule has 0 unspecified atom stereocenters. The van der Waals surface area contributed by atoms with Crippen molar-refractivity contribution in [2.75, 3.05) is 18.5 Å². The Labute approximate surface area is 171 Å². The molecule has 8 heteroatoms. The molecular weight excluding hydrogens is 422 g/mol. The largest absolute Gasteiger partial charge is 0.488 e. The molecule has 2 aromatic rings. The highest BCUT2D eigenvalue weighted by atomic mass is 79.9. The van der Waals surface area contributed by atoms with Gasteiger partial charge in [-0.05, 0) is 40.2 Å².